The molecule has 0 atom stereocenters. The van der Waals surface area contributed by atoms with Crippen molar-refractivity contribution in [2.45, 2.75) is 6.54 Å². The van der Waals surface area contributed by atoms with E-state index >= 15 is 0 Å². The van der Waals surface area contributed by atoms with Crippen LogP contribution in [0.4, 0.5) is 0 Å². The third-order valence-electron chi connectivity index (χ3n) is 2.68. The van der Waals surface area contributed by atoms with Crippen molar-refractivity contribution < 1.29 is 4.74 Å². The monoisotopic (exact) mass is 251 g/mol. The maximum atomic E-state index is 7.99. The van der Waals surface area contributed by atoms with E-state index in [1.54, 1.807) is 7.11 Å². The smallest absolute Gasteiger partial charge is 0.182 e. The Morgan fingerprint density at radius 2 is 2.18 bits per heavy atom. The topological polar surface area (TPSA) is 41.2 Å². The zero-order chi connectivity index (χ0) is 12.4. The average molecular weight is 251 g/mol. The molecule has 0 aliphatic heterocycles. The third-order valence-corrected chi connectivity index (χ3v) is 3.64. The van der Waals surface area contributed by atoms with E-state index in [2.05, 4.69) is 4.90 Å². The van der Waals surface area contributed by atoms with E-state index in [0.717, 1.165) is 29.1 Å². The molecular formula is C12H17N3OS. The second-order valence-corrected chi connectivity index (χ2v) is 5.23. The Balaban J connectivity index is 2.42. The second kappa shape index (κ2) is 4.89. The lowest BCUT2D eigenvalue weighted by Crippen LogP contribution is -2.23. The van der Waals surface area contributed by atoms with Gasteiger partial charge in [-0.25, -0.2) is 0 Å². The number of likely N-dealkylation sites (N-methyl/N-ethyl adjacent to an activating group) is 1. The van der Waals surface area contributed by atoms with Gasteiger partial charge in [0.05, 0.1) is 17.3 Å². The molecule has 0 aliphatic carbocycles. The Bertz CT molecular complexity index is 571. The third kappa shape index (κ3) is 2.50. The highest BCUT2D eigenvalue weighted by Crippen LogP contribution is 2.22. The summed E-state index contributed by atoms with van der Waals surface area (Å²) < 4.78 is 8.34. The lowest BCUT2D eigenvalue weighted by Gasteiger charge is -2.10. The van der Waals surface area contributed by atoms with Crippen LogP contribution in [0.5, 0.6) is 5.75 Å². The van der Waals surface area contributed by atoms with Crippen molar-refractivity contribution in [3.05, 3.63) is 23.0 Å². The molecule has 2 rings (SSSR count). The predicted octanol–water partition coefficient (Wildman–Crippen LogP) is 1.75. The van der Waals surface area contributed by atoms with Crippen LogP contribution in [0, 0.1) is 5.41 Å². The Hall–Kier alpha value is -1.33. The average Bonchev–Trinajstić information content (AvgIpc) is 2.60. The fraction of sp³-hybridized carbons (Fsp3) is 0.417. The van der Waals surface area contributed by atoms with Crippen LogP contribution < -0.4 is 9.54 Å². The van der Waals surface area contributed by atoms with E-state index in [1.165, 1.54) is 11.3 Å². The van der Waals surface area contributed by atoms with E-state index in [-0.39, 0.29) is 0 Å². The van der Waals surface area contributed by atoms with Crippen LogP contribution in [0.3, 0.4) is 0 Å². The van der Waals surface area contributed by atoms with Gasteiger partial charge in [0.15, 0.2) is 4.80 Å². The maximum absolute atomic E-state index is 7.99. The summed E-state index contributed by atoms with van der Waals surface area (Å²) in [6, 6.07) is 5.96. The Morgan fingerprint density at radius 1 is 1.41 bits per heavy atom. The molecule has 0 saturated heterocycles. The molecule has 0 radical (unpaired) electrons. The minimum atomic E-state index is 0.593. The molecule has 1 N–H and O–H groups in total. The summed E-state index contributed by atoms with van der Waals surface area (Å²) in [5.41, 5.74) is 1.11. The van der Waals surface area contributed by atoms with Gasteiger partial charge in [-0.3, -0.25) is 5.41 Å². The summed E-state index contributed by atoms with van der Waals surface area (Å²) >= 11 is 1.49. The number of hydrogen-bond donors (Lipinski definition) is 1. The van der Waals surface area contributed by atoms with Gasteiger partial charge in [-0.05, 0) is 32.3 Å². The predicted molar refractivity (Wildman–Crippen MR) is 70.8 cm³/mol. The van der Waals surface area contributed by atoms with E-state index < -0.39 is 0 Å². The number of ether oxygens (including phenoxy) is 1. The largest absolute Gasteiger partial charge is 0.497 e. The molecule has 92 valence electrons. The van der Waals surface area contributed by atoms with Gasteiger partial charge in [-0.1, -0.05) is 11.3 Å². The Kier molecular flexibility index (Phi) is 3.49. The zero-order valence-corrected chi connectivity index (χ0v) is 11.2. The summed E-state index contributed by atoms with van der Waals surface area (Å²) in [5.74, 6) is 0.846. The molecule has 0 saturated carbocycles. The van der Waals surface area contributed by atoms with Crippen molar-refractivity contribution in [3.8, 4) is 5.75 Å². The highest BCUT2D eigenvalue weighted by Gasteiger charge is 2.06. The van der Waals surface area contributed by atoms with Gasteiger partial charge in [0.2, 0.25) is 0 Å². The van der Waals surface area contributed by atoms with E-state index in [1.807, 2.05) is 36.9 Å². The van der Waals surface area contributed by atoms with Gasteiger partial charge in [-0.15, -0.1) is 0 Å². The second-order valence-electron chi connectivity index (χ2n) is 4.20. The number of thiazole rings is 1. The molecule has 0 unspecified atom stereocenters. The number of methoxy groups -OCH3 is 1. The summed E-state index contributed by atoms with van der Waals surface area (Å²) in [6.07, 6.45) is 0. The van der Waals surface area contributed by atoms with Crippen molar-refractivity contribution in [1.29, 1.82) is 5.41 Å². The molecule has 1 aromatic heterocycles. The first kappa shape index (κ1) is 12.1. The quantitative estimate of drug-likeness (QED) is 0.899. The van der Waals surface area contributed by atoms with Crippen LogP contribution in [-0.4, -0.2) is 37.2 Å². The molecule has 2 aromatic rings. The zero-order valence-electron chi connectivity index (χ0n) is 10.4. The highest BCUT2D eigenvalue weighted by atomic mass is 32.1. The highest BCUT2D eigenvalue weighted by molar-refractivity contribution is 7.16. The van der Waals surface area contributed by atoms with Gasteiger partial charge in [0.25, 0.3) is 0 Å². The number of aromatic nitrogens is 1. The van der Waals surface area contributed by atoms with Crippen LogP contribution in [0.2, 0.25) is 0 Å². The molecule has 0 amide bonds. The molecule has 0 aliphatic rings. The van der Waals surface area contributed by atoms with Crippen LogP contribution in [0.25, 0.3) is 10.2 Å². The molecule has 4 nitrogen and oxygen atoms in total. The molecule has 0 bridgehead atoms. The summed E-state index contributed by atoms with van der Waals surface area (Å²) in [5, 5.41) is 7.99. The summed E-state index contributed by atoms with van der Waals surface area (Å²) in [6.45, 7) is 1.78. The lowest BCUT2D eigenvalue weighted by atomic mass is 10.3. The fourth-order valence-corrected chi connectivity index (χ4v) is 2.68. The van der Waals surface area contributed by atoms with Crippen LogP contribution >= 0.6 is 11.3 Å². The van der Waals surface area contributed by atoms with Crippen molar-refractivity contribution in [2.75, 3.05) is 27.7 Å². The normalized spacial score (nSPS) is 11.3. The van der Waals surface area contributed by atoms with Crippen molar-refractivity contribution in [2.24, 2.45) is 0 Å². The number of benzene rings is 1. The van der Waals surface area contributed by atoms with Gasteiger partial charge < -0.3 is 14.2 Å². The van der Waals surface area contributed by atoms with Crippen LogP contribution in [0.15, 0.2) is 18.2 Å². The first-order chi connectivity index (χ1) is 8.11. The van der Waals surface area contributed by atoms with Crippen molar-refractivity contribution in [3.63, 3.8) is 0 Å². The van der Waals surface area contributed by atoms with Gasteiger partial charge in [0.1, 0.15) is 5.75 Å². The van der Waals surface area contributed by atoms with Crippen LogP contribution in [0.1, 0.15) is 0 Å². The molecule has 1 heterocycles. The molecule has 0 fully saturated rings. The number of nitrogens with one attached hydrogen (secondary N) is 1. The Labute approximate surface area is 105 Å². The standard InChI is InChI=1S/C12H17N3OS/c1-14(2)6-7-15-10-5-4-9(16-3)8-11(10)17-12(15)13/h4-5,8,13H,6-7H2,1-3H3. The minimum Gasteiger partial charge on any atom is -0.497 e. The molecule has 1 aromatic carbocycles. The molecule has 0 spiro atoms. The minimum absolute atomic E-state index is 0.593. The summed E-state index contributed by atoms with van der Waals surface area (Å²) in [7, 11) is 5.75. The number of hydrogen-bond acceptors (Lipinski definition) is 4. The first-order valence-corrected chi connectivity index (χ1v) is 6.30. The SMILES string of the molecule is COc1ccc2c(c1)sc(=N)n2CCN(C)C. The van der Waals surface area contributed by atoms with Gasteiger partial charge in [-0.2, -0.15) is 0 Å². The Morgan fingerprint density at radius 3 is 2.82 bits per heavy atom. The molecule has 17 heavy (non-hydrogen) atoms. The lowest BCUT2D eigenvalue weighted by molar-refractivity contribution is 0.384. The van der Waals surface area contributed by atoms with E-state index in [4.69, 9.17) is 10.1 Å². The molecular weight excluding hydrogens is 234 g/mol. The maximum Gasteiger partial charge on any atom is 0.182 e. The first-order valence-electron chi connectivity index (χ1n) is 5.48. The van der Waals surface area contributed by atoms with E-state index in [0.29, 0.717) is 4.80 Å². The van der Waals surface area contributed by atoms with E-state index in [9.17, 15) is 0 Å². The van der Waals surface area contributed by atoms with Crippen molar-refractivity contribution in [1.82, 2.24) is 9.47 Å². The van der Waals surface area contributed by atoms with Crippen molar-refractivity contribution >= 4 is 21.6 Å². The van der Waals surface area contributed by atoms with Crippen LogP contribution in [-0.2, 0) is 6.54 Å². The fourth-order valence-electron chi connectivity index (χ4n) is 1.72. The number of fused-ring (bicyclic) bond motifs is 1. The number of nitrogens with zero attached hydrogens (tertiary/aromatic N) is 2. The molecule has 5 heteroatoms. The summed E-state index contributed by atoms with van der Waals surface area (Å²) in [4.78, 5) is 2.72. The van der Waals surface area contributed by atoms with Gasteiger partial charge >= 0.3 is 0 Å². The van der Waals surface area contributed by atoms with Gasteiger partial charge in [0, 0.05) is 13.1 Å². The number of rotatable bonds is 4.